The summed E-state index contributed by atoms with van der Waals surface area (Å²) in [4.78, 5) is 18.9. The second kappa shape index (κ2) is 8.44. The predicted octanol–water partition coefficient (Wildman–Crippen LogP) is 4.89. The number of amides is 2. The molecule has 0 aliphatic carbocycles. The lowest BCUT2D eigenvalue weighted by Crippen LogP contribution is -2.39. The molecular formula is C16H12Cl2F6N4O2. The first kappa shape index (κ1) is 24.0. The highest BCUT2D eigenvalue weighted by atomic mass is 35.5. The van der Waals surface area contributed by atoms with E-state index in [-0.39, 0.29) is 28.1 Å². The third-order valence-corrected chi connectivity index (χ3v) is 4.43. The molecule has 1 aromatic heterocycles. The number of benzene rings is 1. The molecule has 1 unspecified atom stereocenters. The van der Waals surface area contributed by atoms with Crippen LogP contribution >= 0.6 is 23.2 Å². The predicted molar refractivity (Wildman–Crippen MR) is 95.0 cm³/mol. The van der Waals surface area contributed by atoms with Gasteiger partial charge in [-0.15, -0.1) is 0 Å². The van der Waals surface area contributed by atoms with Gasteiger partial charge >= 0.3 is 18.4 Å². The second-order valence-electron chi connectivity index (χ2n) is 6.08. The van der Waals surface area contributed by atoms with E-state index < -0.39 is 35.1 Å². The zero-order chi connectivity index (χ0) is 22.9. The minimum absolute atomic E-state index is 0.132. The van der Waals surface area contributed by atoms with Gasteiger partial charge in [-0.25, -0.2) is 14.8 Å². The van der Waals surface area contributed by atoms with E-state index in [1.807, 2.05) is 0 Å². The molecule has 164 valence electrons. The van der Waals surface area contributed by atoms with E-state index in [9.17, 15) is 36.2 Å². The number of rotatable bonds is 4. The fourth-order valence-electron chi connectivity index (χ4n) is 2.05. The van der Waals surface area contributed by atoms with Gasteiger partial charge in [-0.05, 0) is 24.6 Å². The normalized spacial score (nSPS) is 14.2. The number of hydrogen-bond donors (Lipinski definition) is 3. The molecule has 6 nitrogen and oxygen atoms in total. The van der Waals surface area contributed by atoms with E-state index in [0.29, 0.717) is 19.3 Å². The molecule has 1 aromatic carbocycles. The first-order valence-corrected chi connectivity index (χ1v) is 8.60. The zero-order valence-electron chi connectivity index (χ0n) is 14.8. The Morgan fingerprint density at radius 3 is 1.97 bits per heavy atom. The number of carbonyl (C=O) groups excluding carboxylic acids is 1. The summed E-state index contributed by atoms with van der Waals surface area (Å²) in [5, 5.41) is 13.3. The van der Waals surface area contributed by atoms with Crippen LogP contribution in [0.3, 0.4) is 0 Å². The molecule has 14 heteroatoms. The van der Waals surface area contributed by atoms with Crippen molar-refractivity contribution in [2.24, 2.45) is 0 Å². The van der Waals surface area contributed by atoms with Crippen LogP contribution in [0.25, 0.3) is 0 Å². The van der Waals surface area contributed by atoms with Gasteiger partial charge in [0.2, 0.25) is 0 Å². The Morgan fingerprint density at radius 1 is 1.03 bits per heavy atom. The molecule has 0 bridgehead atoms. The molecule has 0 saturated carbocycles. The lowest BCUT2D eigenvalue weighted by atomic mass is 9.95. The summed E-state index contributed by atoms with van der Waals surface area (Å²) in [6, 6.07) is 0.642. The van der Waals surface area contributed by atoms with Crippen molar-refractivity contribution < 1.29 is 36.2 Å². The molecule has 0 spiro atoms. The van der Waals surface area contributed by atoms with Gasteiger partial charge in [0.25, 0.3) is 0 Å². The van der Waals surface area contributed by atoms with Gasteiger partial charge in [-0.2, -0.15) is 26.3 Å². The number of anilines is 1. The summed E-state index contributed by atoms with van der Waals surface area (Å²) in [5.74, 6) is -0.132. The van der Waals surface area contributed by atoms with Crippen molar-refractivity contribution in [2.75, 3.05) is 5.32 Å². The van der Waals surface area contributed by atoms with Crippen molar-refractivity contribution in [3.05, 3.63) is 51.5 Å². The van der Waals surface area contributed by atoms with E-state index in [0.717, 1.165) is 12.1 Å². The molecule has 2 aromatic rings. The highest BCUT2D eigenvalue weighted by Gasteiger charge is 2.51. The minimum Gasteiger partial charge on any atom is -0.376 e. The Morgan fingerprint density at radius 2 is 1.53 bits per heavy atom. The Hall–Kier alpha value is -2.31. The number of nitrogens with zero attached hydrogens (tertiary/aromatic N) is 2. The van der Waals surface area contributed by atoms with Gasteiger partial charge < -0.3 is 15.7 Å². The number of nitrogens with one attached hydrogen (secondary N) is 2. The van der Waals surface area contributed by atoms with Crippen LogP contribution in [0.5, 0.6) is 0 Å². The van der Waals surface area contributed by atoms with E-state index in [2.05, 4.69) is 20.6 Å². The van der Waals surface area contributed by atoms with Gasteiger partial charge in [-0.1, -0.05) is 23.2 Å². The lowest BCUT2D eigenvalue weighted by Gasteiger charge is -2.27. The van der Waals surface area contributed by atoms with Crippen molar-refractivity contribution in [1.29, 1.82) is 0 Å². The molecule has 1 atom stereocenters. The number of aliphatic hydroxyl groups is 1. The summed E-state index contributed by atoms with van der Waals surface area (Å²) in [6.07, 6.45) is -8.53. The summed E-state index contributed by atoms with van der Waals surface area (Å²) < 4.78 is 76.2. The number of urea groups is 1. The average molecular weight is 477 g/mol. The lowest BCUT2D eigenvalue weighted by molar-refractivity contribution is -0.258. The summed E-state index contributed by atoms with van der Waals surface area (Å²) >= 11 is 11.8. The number of aromatic nitrogens is 2. The van der Waals surface area contributed by atoms with Crippen LogP contribution in [0, 0.1) is 0 Å². The third kappa shape index (κ3) is 5.43. The summed E-state index contributed by atoms with van der Waals surface area (Å²) in [6.45, 7) is 0.152. The maximum Gasteiger partial charge on any atom is 0.421 e. The molecule has 0 saturated heterocycles. The van der Waals surface area contributed by atoms with Gasteiger partial charge in [0.05, 0.1) is 27.8 Å². The van der Waals surface area contributed by atoms with Crippen molar-refractivity contribution in [1.82, 2.24) is 15.3 Å². The maximum absolute atomic E-state index is 13.0. The highest BCUT2D eigenvalue weighted by Crippen LogP contribution is 2.42. The molecule has 0 radical (unpaired) electrons. The Kier molecular flexibility index (Phi) is 6.74. The van der Waals surface area contributed by atoms with Crippen LogP contribution in [0.15, 0.2) is 24.5 Å². The largest absolute Gasteiger partial charge is 0.421 e. The Bertz CT molecular complexity index is 910. The number of carbonyl (C=O) groups is 1. The molecular weight excluding hydrogens is 465 g/mol. The van der Waals surface area contributed by atoms with Crippen LogP contribution in [-0.4, -0.2) is 27.3 Å². The van der Waals surface area contributed by atoms with Crippen LogP contribution in [0.1, 0.15) is 23.9 Å². The second-order valence-corrected chi connectivity index (χ2v) is 6.89. The van der Waals surface area contributed by atoms with Gasteiger partial charge in [0.15, 0.2) is 5.60 Å². The van der Waals surface area contributed by atoms with E-state index >= 15 is 0 Å². The van der Waals surface area contributed by atoms with Crippen LogP contribution in [0.4, 0.5) is 36.8 Å². The zero-order valence-corrected chi connectivity index (χ0v) is 16.3. The van der Waals surface area contributed by atoms with E-state index in [1.54, 1.807) is 0 Å². The van der Waals surface area contributed by atoms with Gasteiger partial charge in [0, 0.05) is 12.4 Å². The van der Waals surface area contributed by atoms with Crippen molar-refractivity contribution in [3.63, 3.8) is 0 Å². The van der Waals surface area contributed by atoms with Gasteiger partial charge in [0.1, 0.15) is 5.82 Å². The SMILES string of the molecule is CC(O)(c1cc(Cl)c(NC(=O)NCc2ncc(C(F)(F)F)cn2)c(Cl)c1)C(F)(F)F. The minimum atomic E-state index is -5.01. The Balaban J connectivity index is 2.08. The quantitative estimate of drug-likeness (QED) is 0.548. The molecule has 1 heterocycles. The van der Waals surface area contributed by atoms with Crippen molar-refractivity contribution in [2.45, 2.75) is 31.4 Å². The monoisotopic (exact) mass is 476 g/mol. The average Bonchev–Trinajstić information content (AvgIpc) is 2.61. The summed E-state index contributed by atoms with van der Waals surface area (Å²) in [5.41, 5.74) is -5.19. The maximum atomic E-state index is 13.0. The fraction of sp³-hybridized carbons (Fsp3) is 0.312. The smallest absolute Gasteiger partial charge is 0.376 e. The van der Waals surface area contributed by atoms with Crippen LogP contribution in [0.2, 0.25) is 10.0 Å². The van der Waals surface area contributed by atoms with Crippen molar-refractivity contribution in [3.8, 4) is 0 Å². The number of alkyl halides is 6. The molecule has 3 N–H and O–H groups in total. The van der Waals surface area contributed by atoms with E-state index in [1.165, 1.54) is 0 Å². The molecule has 30 heavy (non-hydrogen) atoms. The first-order valence-electron chi connectivity index (χ1n) is 7.84. The molecule has 2 amide bonds. The topological polar surface area (TPSA) is 87.1 Å². The van der Waals surface area contributed by atoms with E-state index in [4.69, 9.17) is 23.2 Å². The Labute approximate surface area is 175 Å². The highest BCUT2D eigenvalue weighted by molar-refractivity contribution is 6.39. The van der Waals surface area contributed by atoms with Crippen molar-refractivity contribution >= 4 is 34.9 Å². The van der Waals surface area contributed by atoms with Gasteiger partial charge in [-0.3, -0.25) is 0 Å². The standard InChI is InChI=1S/C16H12Cl2F6N4O2/c1-14(30,16(22,23)24)7-2-9(17)12(10(18)3-7)28-13(29)27-6-11-25-4-8(5-26-11)15(19,20)21/h2-5,30H,6H2,1H3,(H2,27,28,29). The van der Waals surface area contributed by atoms with Crippen LogP contribution in [-0.2, 0) is 18.3 Å². The number of halogens is 8. The summed E-state index contributed by atoms with van der Waals surface area (Å²) in [7, 11) is 0. The first-order chi connectivity index (χ1) is 13.6. The number of hydrogen-bond acceptors (Lipinski definition) is 4. The van der Waals surface area contributed by atoms with Crippen LogP contribution < -0.4 is 10.6 Å². The molecule has 0 aliphatic heterocycles. The molecule has 2 rings (SSSR count). The molecule has 0 fully saturated rings. The molecule has 0 aliphatic rings. The third-order valence-electron chi connectivity index (χ3n) is 3.83. The fourth-order valence-corrected chi connectivity index (χ4v) is 2.63.